The first-order valence-electron chi connectivity index (χ1n) is 12.2. The van der Waals surface area contributed by atoms with Gasteiger partial charge < -0.3 is 29.2 Å². The van der Waals surface area contributed by atoms with Crippen molar-refractivity contribution in [3.63, 3.8) is 0 Å². The molecule has 1 aliphatic heterocycles. The highest BCUT2D eigenvalue weighted by molar-refractivity contribution is 5.88. The number of methoxy groups -OCH3 is 2. The van der Waals surface area contributed by atoms with Crippen molar-refractivity contribution in [3.8, 4) is 23.0 Å². The molecule has 2 aromatic carbocycles. The molecule has 0 saturated carbocycles. The van der Waals surface area contributed by atoms with E-state index in [1.165, 1.54) is 38.4 Å². The lowest BCUT2D eigenvalue weighted by Gasteiger charge is -2.29. The van der Waals surface area contributed by atoms with Crippen LogP contribution in [0.1, 0.15) is 12.8 Å². The van der Waals surface area contributed by atoms with Gasteiger partial charge in [-0.05, 0) is 56.8 Å². The molecule has 0 bridgehead atoms. The van der Waals surface area contributed by atoms with E-state index < -0.39 is 11.9 Å². The predicted molar refractivity (Wildman–Crippen MR) is 141 cm³/mol. The van der Waals surface area contributed by atoms with Gasteiger partial charge in [-0.15, -0.1) is 0 Å². The number of rotatable bonds is 9. The number of piperidine rings is 1. The van der Waals surface area contributed by atoms with Gasteiger partial charge in [0.15, 0.2) is 23.1 Å². The van der Waals surface area contributed by atoms with Crippen LogP contribution in [0, 0.1) is 11.7 Å². The number of halogens is 1. The summed E-state index contributed by atoms with van der Waals surface area (Å²) >= 11 is 0. The van der Waals surface area contributed by atoms with Crippen LogP contribution in [0.4, 0.5) is 26.6 Å². The fraction of sp³-hybridized carbons (Fsp3) is 0.370. The molecule has 38 heavy (non-hydrogen) atoms. The van der Waals surface area contributed by atoms with E-state index in [0.29, 0.717) is 29.7 Å². The van der Waals surface area contributed by atoms with Crippen LogP contribution in [0.25, 0.3) is 0 Å². The van der Waals surface area contributed by atoms with Gasteiger partial charge in [-0.3, -0.25) is 4.90 Å². The number of anilines is 3. The molecule has 11 heteroatoms. The number of nitrogens with one attached hydrogen (secondary N) is 1. The molecule has 0 radical (unpaired) electrons. The van der Waals surface area contributed by atoms with E-state index in [1.54, 1.807) is 36.4 Å². The topological polar surface area (TPSA) is 98.3 Å². The lowest BCUT2D eigenvalue weighted by Crippen LogP contribution is -2.34. The van der Waals surface area contributed by atoms with Gasteiger partial charge >= 0.3 is 6.09 Å². The lowest BCUT2D eigenvalue weighted by molar-refractivity contribution is 0.147. The molecule has 1 aliphatic rings. The third kappa shape index (κ3) is 6.80. The molecular weight excluding hydrogens is 493 g/mol. The number of amides is 1. The largest absolute Gasteiger partial charge is 0.497 e. The molecular formula is C27H32FN5O5. The Hall–Kier alpha value is -4.12. The summed E-state index contributed by atoms with van der Waals surface area (Å²) in [6.45, 7) is 2.51. The maximum Gasteiger partial charge on any atom is 0.420 e. The number of benzene rings is 2. The summed E-state index contributed by atoms with van der Waals surface area (Å²) in [5.74, 6) is 1.64. The maximum absolute atomic E-state index is 14.7. The molecule has 1 saturated heterocycles. The first kappa shape index (κ1) is 26.9. The fourth-order valence-corrected chi connectivity index (χ4v) is 4.16. The summed E-state index contributed by atoms with van der Waals surface area (Å²) in [5, 5.41) is 2.96. The molecule has 1 fully saturated rings. The van der Waals surface area contributed by atoms with Crippen LogP contribution >= 0.6 is 0 Å². The van der Waals surface area contributed by atoms with E-state index in [1.807, 2.05) is 0 Å². The number of likely N-dealkylation sites (tertiary alicyclic amines) is 1. The van der Waals surface area contributed by atoms with Crippen molar-refractivity contribution < 1.29 is 28.1 Å². The third-order valence-corrected chi connectivity index (χ3v) is 6.21. The van der Waals surface area contributed by atoms with Crippen LogP contribution in [0.2, 0.25) is 0 Å². The molecule has 202 valence electrons. The Bertz CT molecular complexity index is 1260. The van der Waals surface area contributed by atoms with Crippen LogP contribution in [-0.4, -0.2) is 69.0 Å². The normalized spacial score (nSPS) is 15.4. The number of carbonyl (C=O) groups excluding carboxylic acids is 1. The van der Waals surface area contributed by atoms with E-state index in [2.05, 4.69) is 27.2 Å². The van der Waals surface area contributed by atoms with Gasteiger partial charge in [-0.1, -0.05) is 0 Å². The second-order valence-corrected chi connectivity index (χ2v) is 9.03. The minimum absolute atomic E-state index is 0.180. The second kappa shape index (κ2) is 12.4. The van der Waals surface area contributed by atoms with E-state index in [-0.39, 0.29) is 23.3 Å². The summed E-state index contributed by atoms with van der Waals surface area (Å²) in [4.78, 5) is 24.8. The van der Waals surface area contributed by atoms with Crippen LogP contribution in [0.3, 0.4) is 0 Å². The highest BCUT2D eigenvalue weighted by atomic mass is 19.1. The van der Waals surface area contributed by atoms with Crippen molar-refractivity contribution in [2.24, 2.45) is 5.92 Å². The van der Waals surface area contributed by atoms with Crippen LogP contribution in [-0.2, 0) is 0 Å². The monoisotopic (exact) mass is 525 g/mol. The molecule has 2 heterocycles. The van der Waals surface area contributed by atoms with Crippen molar-refractivity contribution in [1.29, 1.82) is 0 Å². The molecule has 10 nitrogen and oxygen atoms in total. The Morgan fingerprint density at radius 3 is 2.68 bits per heavy atom. The standard InChI is InChI=1S/C27H32FN5O5/c1-32-13-5-6-18(16-32)17-37-22-9-7-19(14-21(22)28)30-26-29-12-11-25(31-26)33(2)27(34)38-24-15-20(35-3)8-10-23(24)36-4/h7-12,14-15,18H,5-6,13,16-17H2,1-4H3,(H,29,30,31). The fourth-order valence-electron chi connectivity index (χ4n) is 4.16. The molecule has 3 aromatic rings. The summed E-state index contributed by atoms with van der Waals surface area (Å²) in [6, 6.07) is 11.0. The molecule has 1 N–H and O–H groups in total. The Kier molecular flexibility index (Phi) is 8.80. The van der Waals surface area contributed by atoms with Gasteiger partial charge in [0.25, 0.3) is 0 Å². The van der Waals surface area contributed by atoms with Gasteiger partial charge in [-0.2, -0.15) is 4.98 Å². The number of ether oxygens (including phenoxy) is 4. The highest BCUT2D eigenvalue weighted by Crippen LogP contribution is 2.32. The second-order valence-electron chi connectivity index (χ2n) is 9.03. The zero-order valence-electron chi connectivity index (χ0n) is 21.9. The van der Waals surface area contributed by atoms with Gasteiger partial charge in [0, 0.05) is 43.5 Å². The Balaban J connectivity index is 1.39. The zero-order chi connectivity index (χ0) is 27.1. The lowest BCUT2D eigenvalue weighted by atomic mass is 10.00. The molecule has 4 rings (SSSR count). The van der Waals surface area contributed by atoms with Gasteiger partial charge in [0.1, 0.15) is 11.6 Å². The van der Waals surface area contributed by atoms with Gasteiger partial charge in [-0.25, -0.2) is 14.2 Å². The van der Waals surface area contributed by atoms with Gasteiger partial charge in [0.05, 0.1) is 20.8 Å². The molecule has 1 unspecified atom stereocenters. The van der Waals surface area contributed by atoms with Crippen molar-refractivity contribution >= 4 is 23.5 Å². The van der Waals surface area contributed by atoms with Gasteiger partial charge in [0.2, 0.25) is 5.95 Å². The third-order valence-electron chi connectivity index (χ3n) is 6.21. The summed E-state index contributed by atoms with van der Waals surface area (Å²) in [7, 11) is 6.58. The summed E-state index contributed by atoms with van der Waals surface area (Å²) in [5.41, 5.74) is 0.441. The average Bonchev–Trinajstić information content (AvgIpc) is 2.92. The number of carbonyl (C=O) groups is 1. The number of aromatic nitrogens is 2. The zero-order valence-corrected chi connectivity index (χ0v) is 21.9. The summed E-state index contributed by atoms with van der Waals surface area (Å²) < 4.78 is 36.4. The number of hydrogen-bond donors (Lipinski definition) is 1. The first-order valence-corrected chi connectivity index (χ1v) is 12.2. The average molecular weight is 526 g/mol. The van der Waals surface area contributed by atoms with E-state index in [9.17, 15) is 9.18 Å². The maximum atomic E-state index is 14.7. The first-order chi connectivity index (χ1) is 18.4. The minimum Gasteiger partial charge on any atom is -0.497 e. The van der Waals surface area contributed by atoms with E-state index >= 15 is 0 Å². The number of nitrogens with zero attached hydrogens (tertiary/aromatic N) is 4. The molecule has 1 aromatic heterocycles. The minimum atomic E-state index is -0.696. The Morgan fingerprint density at radius 1 is 1.13 bits per heavy atom. The van der Waals surface area contributed by atoms with Crippen LogP contribution in [0.15, 0.2) is 48.7 Å². The van der Waals surface area contributed by atoms with Crippen LogP contribution < -0.4 is 29.2 Å². The van der Waals surface area contributed by atoms with Crippen molar-refractivity contribution in [2.45, 2.75) is 12.8 Å². The van der Waals surface area contributed by atoms with Crippen LogP contribution in [0.5, 0.6) is 23.0 Å². The molecule has 0 aliphatic carbocycles. The smallest absolute Gasteiger partial charge is 0.420 e. The van der Waals surface area contributed by atoms with Crippen molar-refractivity contribution in [3.05, 3.63) is 54.5 Å². The quantitative estimate of drug-likeness (QED) is 0.425. The predicted octanol–water partition coefficient (Wildman–Crippen LogP) is 4.73. The SMILES string of the molecule is COc1ccc(OC)c(OC(=O)N(C)c2ccnc(Nc3ccc(OCC4CCCN(C)C4)c(F)c3)n2)c1. The number of hydrogen-bond acceptors (Lipinski definition) is 9. The summed E-state index contributed by atoms with van der Waals surface area (Å²) in [6.07, 6.45) is 2.99. The van der Waals surface area contributed by atoms with E-state index in [0.717, 1.165) is 25.9 Å². The van der Waals surface area contributed by atoms with Crippen molar-refractivity contribution in [2.75, 3.05) is 58.2 Å². The molecule has 1 amide bonds. The highest BCUT2D eigenvalue weighted by Gasteiger charge is 2.20. The van der Waals surface area contributed by atoms with E-state index in [4.69, 9.17) is 18.9 Å². The van der Waals surface area contributed by atoms with Crippen molar-refractivity contribution in [1.82, 2.24) is 14.9 Å². The molecule has 0 spiro atoms. The molecule has 1 atom stereocenters. The Labute approximate surface area is 221 Å². The Morgan fingerprint density at radius 2 is 1.95 bits per heavy atom.